The summed E-state index contributed by atoms with van der Waals surface area (Å²) in [6, 6.07) is 0. The zero-order chi connectivity index (χ0) is 16.0. The first-order valence-corrected chi connectivity index (χ1v) is 6.67. The molecule has 0 amide bonds. The third-order valence-corrected chi connectivity index (χ3v) is 2.90. The molecule has 0 saturated heterocycles. The van der Waals surface area contributed by atoms with Gasteiger partial charge in [-0.05, 0) is 25.2 Å². The molecule has 2 aliphatic rings. The zero-order valence-electron chi connectivity index (χ0n) is 13.7. The Morgan fingerprint density at radius 3 is 1.64 bits per heavy atom. The number of carbonyl (C=O) groups excluding carboxylic acids is 5. The number of rotatable bonds is 3. The summed E-state index contributed by atoms with van der Waals surface area (Å²) in [7, 11) is 0. The fourth-order valence-electron chi connectivity index (χ4n) is 1.40. The van der Waals surface area contributed by atoms with Crippen LogP contribution in [0.3, 0.4) is 0 Å². The molecule has 0 spiro atoms. The Kier molecular flexibility index (Phi) is 26.8. The second-order valence-corrected chi connectivity index (χ2v) is 4.61. The molecule has 0 aromatic heterocycles. The quantitative estimate of drug-likeness (QED) is 0.465. The molecule has 2 atom stereocenters. The summed E-state index contributed by atoms with van der Waals surface area (Å²) < 4.78 is 4.86. The molecule has 0 aromatic carbocycles. The standard InChI is InChI=1S/C8H14O2.C4H8.2CO2.Na.H2O/c1-3-6-5-7(6)8(9)10-4-2;1-4-2-3-4;2*2-1-3;;/h6-7H,3-5H2,1-2H3;4H,2-3H2,1H3;;;;1H2/q;;;;+1;/p-1/t6-,7-;;;;;/m0...../s1. The topological polar surface area (TPSA) is 125 Å². The fourth-order valence-corrected chi connectivity index (χ4v) is 1.40. The largest absolute Gasteiger partial charge is 1.00 e. The molecular weight excluding hydrogens is 303 g/mol. The summed E-state index contributed by atoms with van der Waals surface area (Å²) in [6.07, 6.45) is 5.64. The van der Waals surface area contributed by atoms with E-state index < -0.39 is 0 Å². The van der Waals surface area contributed by atoms with Gasteiger partial charge in [0.25, 0.3) is 0 Å². The normalized spacial score (nSPS) is 19.0. The molecule has 0 radical (unpaired) electrons. The van der Waals surface area contributed by atoms with E-state index in [2.05, 4.69) is 13.8 Å². The second-order valence-electron chi connectivity index (χ2n) is 4.61. The maximum absolute atomic E-state index is 11.0. The van der Waals surface area contributed by atoms with Crippen LogP contribution in [-0.4, -0.2) is 30.4 Å². The third kappa shape index (κ3) is 21.5. The van der Waals surface area contributed by atoms with E-state index in [0.717, 1.165) is 18.8 Å². The molecule has 8 heteroatoms. The van der Waals surface area contributed by atoms with Crippen molar-refractivity contribution in [1.82, 2.24) is 0 Å². The first-order chi connectivity index (χ1) is 9.51. The van der Waals surface area contributed by atoms with Crippen molar-refractivity contribution in [2.24, 2.45) is 17.8 Å². The van der Waals surface area contributed by atoms with Crippen LogP contribution in [0, 0.1) is 17.8 Å². The Bertz CT molecular complexity index is 318. The SMILES string of the molecule is CC1CC1.CCOC(=O)[C@H]1C[C@@H]1CC.O=C=O.O=C=O.[Na+].[OH-]. The molecule has 2 rings (SSSR count). The maximum atomic E-state index is 11.0. The van der Waals surface area contributed by atoms with Gasteiger partial charge in [0, 0.05) is 0 Å². The minimum atomic E-state index is 0. The van der Waals surface area contributed by atoms with E-state index in [4.69, 9.17) is 23.9 Å². The van der Waals surface area contributed by atoms with Gasteiger partial charge in [-0.1, -0.05) is 33.1 Å². The van der Waals surface area contributed by atoms with Crippen LogP contribution in [0.5, 0.6) is 0 Å². The summed E-state index contributed by atoms with van der Waals surface area (Å²) in [5, 5.41) is 0. The van der Waals surface area contributed by atoms with Crippen LogP contribution in [0.2, 0.25) is 0 Å². The molecule has 7 nitrogen and oxygen atoms in total. The molecular formula is C14H23NaO7. The molecule has 122 valence electrons. The van der Waals surface area contributed by atoms with E-state index in [1.165, 1.54) is 12.8 Å². The Morgan fingerprint density at radius 1 is 1.09 bits per heavy atom. The Balaban J connectivity index is -0.000000114. The number of ether oxygens (including phenoxy) is 1. The summed E-state index contributed by atoms with van der Waals surface area (Å²) in [4.78, 5) is 43.5. The Labute approximate surface area is 152 Å². The van der Waals surface area contributed by atoms with Crippen molar-refractivity contribution in [2.75, 3.05) is 6.61 Å². The molecule has 0 aliphatic heterocycles. The van der Waals surface area contributed by atoms with Gasteiger partial charge in [0.15, 0.2) is 0 Å². The molecule has 2 saturated carbocycles. The molecule has 2 aliphatic carbocycles. The van der Waals surface area contributed by atoms with Gasteiger partial charge in [0.2, 0.25) is 0 Å². The number of hydrogen-bond donors (Lipinski definition) is 0. The van der Waals surface area contributed by atoms with Crippen molar-refractivity contribution in [3.05, 3.63) is 0 Å². The molecule has 0 aromatic rings. The van der Waals surface area contributed by atoms with Crippen molar-refractivity contribution in [3.63, 3.8) is 0 Å². The third-order valence-electron chi connectivity index (χ3n) is 2.90. The predicted molar refractivity (Wildman–Crippen MR) is 68.9 cm³/mol. The van der Waals surface area contributed by atoms with Crippen molar-refractivity contribution < 1.29 is 63.7 Å². The molecule has 0 bridgehead atoms. The van der Waals surface area contributed by atoms with Gasteiger partial charge in [-0.3, -0.25) is 4.79 Å². The summed E-state index contributed by atoms with van der Waals surface area (Å²) in [5.74, 6) is 1.96. The first kappa shape index (κ1) is 29.2. The second kappa shape index (κ2) is 20.2. The van der Waals surface area contributed by atoms with Crippen molar-refractivity contribution in [2.45, 2.75) is 46.5 Å². The van der Waals surface area contributed by atoms with Crippen LogP contribution in [0.4, 0.5) is 0 Å². The van der Waals surface area contributed by atoms with Crippen molar-refractivity contribution in [1.29, 1.82) is 0 Å². The van der Waals surface area contributed by atoms with Crippen LogP contribution in [0.1, 0.15) is 46.5 Å². The van der Waals surface area contributed by atoms with Crippen molar-refractivity contribution >= 4 is 18.3 Å². The summed E-state index contributed by atoms with van der Waals surface area (Å²) in [5.41, 5.74) is 0. The Hall–Kier alpha value is -0.810. The van der Waals surface area contributed by atoms with Gasteiger partial charge in [0.1, 0.15) is 0 Å². The number of esters is 1. The first-order valence-electron chi connectivity index (χ1n) is 6.67. The van der Waals surface area contributed by atoms with Gasteiger partial charge in [-0.25, -0.2) is 0 Å². The number of carbonyl (C=O) groups is 1. The predicted octanol–water partition coefficient (Wildman–Crippen LogP) is -1.33. The minimum absolute atomic E-state index is 0. The van der Waals surface area contributed by atoms with E-state index in [1.807, 2.05) is 6.92 Å². The number of hydrogen-bond acceptors (Lipinski definition) is 7. The molecule has 0 heterocycles. The van der Waals surface area contributed by atoms with Gasteiger partial charge in [-0.2, -0.15) is 19.2 Å². The van der Waals surface area contributed by atoms with Crippen LogP contribution in [0.15, 0.2) is 0 Å². The van der Waals surface area contributed by atoms with Crippen LogP contribution < -0.4 is 29.6 Å². The molecule has 22 heavy (non-hydrogen) atoms. The molecule has 1 N–H and O–H groups in total. The van der Waals surface area contributed by atoms with Gasteiger partial charge in [-0.15, -0.1) is 0 Å². The average molecular weight is 326 g/mol. The molecule has 2 fully saturated rings. The van der Waals surface area contributed by atoms with Gasteiger partial charge >= 0.3 is 47.8 Å². The van der Waals surface area contributed by atoms with Gasteiger partial charge in [0.05, 0.1) is 12.5 Å². The van der Waals surface area contributed by atoms with E-state index in [-0.39, 0.29) is 59.2 Å². The summed E-state index contributed by atoms with van der Waals surface area (Å²) >= 11 is 0. The van der Waals surface area contributed by atoms with Crippen LogP contribution in [0.25, 0.3) is 0 Å². The van der Waals surface area contributed by atoms with E-state index in [1.54, 1.807) is 0 Å². The maximum Gasteiger partial charge on any atom is 1.00 e. The van der Waals surface area contributed by atoms with Crippen molar-refractivity contribution in [3.8, 4) is 0 Å². The minimum Gasteiger partial charge on any atom is -0.870 e. The fraction of sp³-hybridized carbons (Fsp3) is 0.786. The summed E-state index contributed by atoms with van der Waals surface area (Å²) in [6.45, 7) is 6.76. The average Bonchev–Trinajstić information content (AvgIpc) is 3.28. The van der Waals surface area contributed by atoms with Crippen LogP contribution in [-0.2, 0) is 28.7 Å². The molecule has 0 unspecified atom stereocenters. The zero-order valence-corrected chi connectivity index (χ0v) is 15.7. The van der Waals surface area contributed by atoms with E-state index in [9.17, 15) is 4.79 Å². The Morgan fingerprint density at radius 2 is 1.45 bits per heavy atom. The van der Waals surface area contributed by atoms with Crippen LogP contribution >= 0.6 is 0 Å². The smallest absolute Gasteiger partial charge is 0.870 e. The van der Waals surface area contributed by atoms with E-state index in [0.29, 0.717) is 12.5 Å². The van der Waals surface area contributed by atoms with Gasteiger partial charge < -0.3 is 10.2 Å². The van der Waals surface area contributed by atoms with E-state index >= 15 is 0 Å². The monoisotopic (exact) mass is 326 g/mol.